The minimum atomic E-state index is -4.77. The van der Waals surface area contributed by atoms with Crippen LogP contribution in [0.25, 0.3) is 16.9 Å². The highest BCUT2D eigenvalue weighted by Crippen LogP contribution is 2.26. The first-order valence-corrected chi connectivity index (χ1v) is 11.5. The number of amides is 1. The molecular formula is C24H24F5N5O3. The number of β-amino-alcohol motifs (C(OH)–C–C–N with tert-alkyl or cyclic N) is 1. The Hall–Kier alpha value is -3.61. The lowest BCUT2D eigenvalue weighted by atomic mass is 10.0. The Balaban J connectivity index is 1.88. The maximum Gasteiger partial charge on any atom is 0.408 e. The highest BCUT2D eigenvalue weighted by molar-refractivity contribution is 5.97. The summed E-state index contributed by atoms with van der Waals surface area (Å²) in [6.45, 7) is 3.84. The predicted octanol–water partition coefficient (Wildman–Crippen LogP) is 3.34. The molecule has 1 aliphatic heterocycles. The second-order valence-electron chi connectivity index (χ2n) is 9.33. The molecule has 198 valence electrons. The molecule has 0 bridgehead atoms. The van der Waals surface area contributed by atoms with E-state index in [2.05, 4.69) is 9.97 Å². The lowest BCUT2D eigenvalue weighted by molar-refractivity contribution is -0.156. The Morgan fingerprint density at radius 3 is 2.59 bits per heavy atom. The fourth-order valence-corrected chi connectivity index (χ4v) is 4.21. The van der Waals surface area contributed by atoms with E-state index in [0.717, 1.165) is 10.8 Å². The van der Waals surface area contributed by atoms with Crippen LogP contribution in [-0.4, -0.2) is 57.0 Å². The van der Waals surface area contributed by atoms with Gasteiger partial charge in [-0.3, -0.25) is 14.2 Å². The van der Waals surface area contributed by atoms with Crippen LogP contribution in [0, 0.1) is 17.6 Å². The second kappa shape index (κ2) is 10.0. The Morgan fingerprint density at radius 2 is 2.00 bits per heavy atom. The zero-order valence-electron chi connectivity index (χ0n) is 19.9. The summed E-state index contributed by atoms with van der Waals surface area (Å²) in [4.78, 5) is 36.0. The Morgan fingerprint density at radius 1 is 1.27 bits per heavy atom. The van der Waals surface area contributed by atoms with Gasteiger partial charge in [-0.25, -0.2) is 18.7 Å². The van der Waals surface area contributed by atoms with Crippen molar-refractivity contribution in [1.82, 2.24) is 19.9 Å². The zero-order chi connectivity index (χ0) is 27.1. The Labute approximate surface area is 207 Å². The van der Waals surface area contributed by atoms with Crippen LogP contribution in [0.4, 0.5) is 27.8 Å². The van der Waals surface area contributed by atoms with Crippen LogP contribution >= 0.6 is 0 Å². The molecule has 0 aliphatic carbocycles. The number of aromatic nitrogens is 3. The van der Waals surface area contributed by atoms with Crippen LogP contribution in [0.15, 0.2) is 35.4 Å². The highest BCUT2D eigenvalue weighted by Gasteiger charge is 2.41. The van der Waals surface area contributed by atoms with Crippen LogP contribution < -0.4 is 15.6 Å². The highest BCUT2D eigenvalue weighted by atomic mass is 19.4. The molecule has 4 rings (SSSR count). The normalized spacial score (nSPS) is 17.0. The van der Waals surface area contributed by atoms with Crippen molar-refractivity contribution in [2.24, 2.45) is 5.92 Å². The van der Waals surface area contributed by atoms with E-state index in [4.69, 9.17) is 0 Å². The monoisotopic (exact) mass is 525 g/mol. The third kappa shape index (κ3) is 5.55. The fraction of sp³-hybridized carbons (Fsp3) is 0.417. The molecule has 1 fully saturated rings. The largest absolute Gasteiger partial charge is 0.408 e. The zero-order valence-corrected chi connectivity index (χ0v) is 19.9. The SMILES string of the molecule is CC(C)CC(NC(=O)c1cn(-c2ncc(F)cc2F)c2nc(N3CCC(O)C3)ccc2c1=O)C(F)(F)F. The number of pyridine rings is 3. The lowest BCUT2D eigenvalue weighted by Gasteiger charge is -2.23. The number of hydrogen-bond acceptors (Lipinski definition) is 6. The van der Waals surface area contributed by atoms with Gasteiger partial charge in [0.15, 0.2) is 17.3 Å². The van der Waals surface area contributed by atoms with E-state index in [0.29, 0.717) is 31.0 Å². The average molecular weight is 525 g/mol. The number of aliphatic hydroxyl groups excluding tert-OH is 1. The van der Waals surface area contributed by atoms with Crippen molar-refractivity contribution in [3.63, 3.8) is 0 Å². The topological polar surface area (TPSA) is 100 Å². The summed E-state index contributed by atoms with van der Waals surface area (Å²) in [6.07, 6.45) is -3.73. The number of hydrogen-bond donors (Lipinski definition) is 2. The lowest BCUT2D eigenvalue weighted by Crippen LogP contribution is -2.47. The van der Waals surface area contributed by atoms with E-state index in [1.165, 1.54) is 12.1 Å². The van der Waals surface area contributed by atoms with Crippen molar-refractivity contribution in [2.75, 3.05) is 18.0 Å². The van der Waals surface area contributed by atoms with Gasteiger partial charge in [-0.2, -0.15) is 13.2 Å². The minimum absolute atomic E-state index is 0.145. The molecule has 0 radical (unpaired) electrons. The predicted molar refractivity (Wildman–Crippen MR) is 125 cm³/mol. The molecule has 1 amide bonds. The molecule has 0 spiro atoms. The van der Waals surface area contributed by atoms with Crippen LogP contribution in [0.5, 0.6) is 0 Å². The molecule has 8 nitrogen and oxygen atoms in total. The molecule has 37 heavy (non-hydrogen) atoms. The van der Waals surface area contributed by atoms with Crippen molar-refractivity contribution in [3.05, 3.63) is 58.0 Å². The van der Waals surface area contributed by atoms with Crippen LogP contribution in [-0.2, 0) is 0 Å². The third-order valence-corrected chi connectivity index (χ3v) is 5.99. The molecule has 13 heteroatoms. The molecular weight excluding hydrogens is 501 g/mol. The van der Waals surface area contributed by atoms with Crippen LogP contribution in [0.3, 0.4) is 0 Å². The van der Waals surface area contributed by atoms with E-state index in [1.54, 1.807) is 18.7 Å². The number of anilines is 1. The minimum Gasteiger partial charge on any atom is -0.391 e. The van der Waals surface area contributed by atoms with E-state index in [-0.39, 0.29) is 17.6 Å². The molecule has 2 unspecified atom stereocenters. The number of halogens is 5. The van der Waals surface area contributed by atoms with Crippen molar-refractivity contribution in [3.8, 4) is 5.82 Å². The van der Waals surface area contributed by atoms with Crippen LogP contribution in [0.1, 0.15) is 37.0 Å². The first-order chi connectivity index (χ1) is 17.3. The molecule has 0 aromatic carbocycles. The fourth-order valence-electron chi connectivity index (χ4n) is 4.21. The average Bonchev–Trinajstić information content (AvgIpc) is 3.24. The number of aliphatic hydroxyl groups is 1. The molecule has 1 aliphatic rings. The summed E-state index contributed by atoms with van der Waals surface area (Å²) in [5.41, 5.74) is -1.76. The number of carbonyl (C=O) groups excluding carboxylic acids is 1. The molecule has 2 atom stereocenters. The van der Waals surface area contributed by atoms with Gasteiger partial charge in [0.1, 0.15) is 23.2 Å². The van der Waals surface area contributed by atoms with Crippen molar-refractivity contribution in [2.45, 2.75) is 45.0 Å². The molecule has 2 N–H and O–H groups in total. The summed E-state index contributed by atoms with van der Waals surface area (Å²) >= 11 is 0. The van der Waals surface area contributed by atoms with Gasteiger partial charge in [-0.1, -0.05) is 13.8 Å². The van der Waals surface area contributed by atoms with Gasteiger partial charge in [0.05, 0.1) is 17.7 Å². The maximum absolute atomic E-state index is 14.7. The standard InChI is InChI=1S/C24H24F5N5O3/c1-12(2)7-18(24(27,28)29)31-23(37)16-11-34(22-17(26)8-13(25)9-30-22)21-15(20(16)36)3-4-19(32-21)33-6-5-14(35)10-33/h3-4,8-9,11-12,14,18,35H,5-7,10H2,1-2H3,(H,31,37). The molecule has 3 aromatic heterocycles. The first kappa shape index (κ1) is 26.5. The summed E-state index contributed by atoms with van der Waals surface area (Å²) in [5, 5.41) is 11.5. The molecule has 0 saturated carbocycles. The van der Waals surface area contributed by atoms with Gasteiger partial charge < -0.3 is 15.3 Å². The molecule has 4 heterocycles. The summed E-state index contributed by atoms with van der Waals surface area (Å²) < 4.78 is 69.8. The van der Waals surface area contributed by atoms with Gasteiger partial charge in [0.2, 0.25) is 5.43 Å². The number of rotatable bonds is 6. The quantitative estimate of drug-likeness (QED) is 0.479. The van der Waals surface area contributed by atoms with Crippen LogP contribution in [0.2, 0.25) is 0 Å². The Bertz CT molecular complexity index is 1390. The summed E-state index contributed by atoms with van der Waals surface area (Å²) in [7, 11) is 0. The number of nitrogens with zero attached hydrogens (tertiary/aromatic N) is 4. The van der Waals surface area contributed by atoms with E-state index >= 15 is 0 Å². The maximum atomic E-state index is 14.7. The number of carbonyl (C=O) groups is 1. The molecule has 1 saturated heterocycles. The smallest absolute Gasteiger partial charge is 0.391 e. The van der Waals surface area contributed by atoms with Gasteiger partial charge in [0.25, 0.3) is 5.91 Å². The second-order valence-corrected chi connectivity index (χ2v) is 9.33. The first-order valence-electron chi connectivity index (χ1n) is 11.5. The van der Waals surface area contributed by atoms with Gasteiger partial charge >= 0.3 is 6.18 Å². The Kier molecular flexibility index (Phi) is 7.18. The van der Waals surface area contributed by atoms with E-state index in [9.17, 15) is 36.6 Å². The van der Waals surface area contributed by atoms with Crippen molar-refractivity contribution in [1.29, 1.82) is 0 Å². The third-order valence-electron chi connectivity index (χ3n) is 5.99. The van der Waals surface area contributed by atoms with Crippen molar-refractivity contribution < 1.29 is 31.9 Å². The van der Waals surface area contributed by atoms with Crippen molar-refractivity contribution >= 4 is 22.8 Å². The van der Waals surface area contributed by atoms with Gasteiger partial charge in [-0.15, -0.1) is 0 Å². The number of nitrogens with one attached hydrogen (secondary N) is 1. The number of fused-ring (bicyclic) bond motifs is 1. The van der Waals surface area contributed by atoms with Gasteiger partial charge in [-0.05, 0) is 30.9 Å². The van der Waals surface area contributed by atoms with E-state index < -0.39 is 65.0 Å². The van der Waals surface area contributed by atoms with Gasteiger partial charge in [0, 0.05) is 25.4 Å². The summed E-state index contributed by atoms with van der Waals surface area (Å²) in [6, 6.07) is 1.09. The number of alkyl halides is 3. The molecule has 3 aromatic rings. The van der Waals surface area contributed by atoms with E-state index in [1.807, 2.05) is 5.32 Å². The summed E-state index contributed by atoms with van der Waals surface area (Å²) in [5.74, 6) is -4.02.